The summed E-state index contributed by atoms with van der Waals surface area (Å²) in [6.45, 7) is 4.29. The normalized spacial score (nSPS) is 14.9. The molecule has 1 aliphatic rings. The Morgan fingerprint density at radius 3 is 3.00 bits per heavy atom. The zero-order valence-corrected chi connectivity index (χ0v) is 14.7. The van der Waals surface area contributed by atoms with E-state index in [0.717, 1.165) is 26.9 Å². The Kier molecular flexibility index (Phi) is 3.76. The van der Waals surface area contributed by atoms with Crippen molar-refractivity contribution < 1.29 is 9.59 Å². The first-order chi connectivity index (χ1) is 12.0. The minimum absolute atomic E-state index is 0.0259. The van der Waals surface area contributed by atoms with Gasteiger partial charge in [-0.15, -0.1) is 11.3 Å². The van der Waals surface area contributed by atoms with Gasteiger partial charge in [-0.25, -0.2) is 4.98 Å². The van der Waals surface area contributed by atoms with Crippen molar-refractivity contribution in [2.24, 2.45) is 0 Å². The predicted octanol–water partition coefficient (Wildman–Crippen LogP) is 2.10. The first kappa shape index (κ1) is 15.8. The van der Waals surface area contributed by atoms with Crippen molar-refractivity contribution in [1.82, 2.24) is 25.8 Å². The summed E-state index contributed by atoms with van der Waals surface area (Å²) in [7, 11) is 0. The van der Waals surface area contributed by atoms with Crippen LogP contribution in [0.5, 0.6) is 0 Å². The van der Waals surface area contributed by atoms with Gasteiger partial charge in [0, 0.05) is 16.8 Å². The third-order valence-electron chi connectivity index (χ3n) is 4.27. The lowest BCUT2D eigenvalue weighted by Crippen LogP contribution is -2.30. The summed E-state index contributed by atoms with van der Waals surface area (Å²) < 4.78 is 1.02. The Hall–Kier alpha value is -2.74. The van der Waals surface area contributed by atoms with Gasteiger partial charge in [-0.1, -0.05) is 0 Å². The third-order valence-corrected chi connectivity index (χ3v) is 5.48. The van der Waals surface area contributed by atoms with Crippen LogP contribution in [0.4, 0.5) is 0 Å². The summed E-state index contributed by atoms with van der Waals surface area (Å²) in [5.74, 6) is 1.05. The molecule has 3 aromatic rings. The molecular formula is C17H17N5O2S. The molecule has 0 unspecified atom stereocenters. The predicted molar refractivity (Wildman–Crippen MR) is 94.9 cm³/mol. The van der Waals surface area contributed by atoms with E-state index in [0.29, 0.717) is 23.8 Å². The van der Waals surface area contributed by atoms with Gasteiger partial charge < -0.3 is 10.6 Å². The van der Waals surface area contributed by atoms with Crippen molar-refractivity contribution in [2.45, 2.75) is 26.3 Å². The zero-order chi connectivity index (χ0) is 17.6. The van der Waals surface area contributed by atoms with Crippen LogP contribution in [0.25, 0.3) is 10.1 Å². The number of carbonyl (C=O) groups excluding carboxylic acids is 2. The summed E-state index contributed by atoms with van der Waals surface area (Å²) in [6, 6.07) is 5.26. The minimum atomic E-state index is -0.296. The maximum Gasteiger partial charge on any atom is 0.261 e. The number of aryl methyl sites for hydroxylation is 1. The van der Waals surface area contributed by atoms with Crippen LogP contribution in [-0.2, 0) is 6.42 Å². The topological polar surface area (TPSA) is 99.8 Å². The van der Waals surface area contributed by atoms with Crippen LogP contribution in [0.15, 0.2) is 18.2 Å². The van der Waals surface area contributed by atoms with Crippen LogP contribution >= 0.6 is 11.3 Å². The number of nitrogens with zero attached hydrogens (tertiary/aromatic N) is 2. The molecule has 8 heteroatoms. The molecule has 25 heavy (non-hydrogen) atoms. The van der Waals surface area contributed by atoms with Gasteiger partial charge in [0.15, 0.2) is 5.82 Å². The van der Waals surface area contributed by atoms with E-state index in [-0.39, 0.29) is 17.9 Å². The number of carbonyl (C=O) groups is 2. The molecule has 128 valence electrons. The smallest absolute Gasteiger partial charge is 0.261 e. The molecule has 1 aliphatic heterocycles. The standard InChI is InChI=1S/C17H17N5O2S/c1-8(15-20-9(2)21-22-15)19-16(23)10-3-4-13-12(7-10)11-5-6-18-17(24)14(11)25-13/h3-4,7-8H,5-6H2,1-2H3,(H,18,24)(H,19,23)(H,20,21,22)/t8-/m1/s1. The van der Waals surface area contributed by atoms with Gasteiger partial charge >= 0.3 is 0 Å². The summed E-state index contributed by atoms with van der Waals surface area (Å²) in [5.41, 5.74) is 1.61. The SMILES string of the molecule is Cc1nc([C@@H](C)NC(=O)c2ccc3sc4c(c3c2)CCNC4=O)n[nH]1. The van der Waals surface area contributed by atoms with E-state index >= 15 is 0 Å². The summed E-state index contributed by atoms with van der Waals surface area (Å²) in [4.78, 5) is 29.6. The second kappa shape index (κ2) is 5.96. The summed E-state index contributed by atoms with van der Waals surface area (Å²) >= 11 is 1.47. The fourth-order valence-corrected chi connectivity index (χ4v) is 4.15. The molecular weight excluding hydrogens is 338 g/mol. The van der Waals surface area contributed by atoms with Crippen LogP contribution in [0, 0.1) is 6.92 Å². The van der Waals surface area contributed by atoms with Gasteiger partial charge in [0.05, 0.1) is 10.9 Å². The second-order valence-corrected chi connectivity index (χ2v) is 7.15. The van der Waals surface area contributed by atoms with Crippen molar-refractivity contribution in [3.8, 4) is 0 Å². The highest BCUT2D eigenvalue weighted by Gasteiger charge is 2.23. The Labute approximate surface area is 147 Å². The molecule has 1 atom stereocenters. The number of benzene rings is 1. The second-order valence-electron chi connectivity index (χ2n) is 6.10. The van der Waals surface area contributed by atoms with E-state index in [4.69, 9.17) is 0 Å². The van der Waals surface area contributed by atoms with Crippen molar-refractivity contribution in [2.75, 3.05) is 6.54 Å². The number of H-pyrrole nitrogens is 1. The molecule has 4 rings (SSSR count). The van der Waals surface area contributed by atoms with Crippen molar-refractivity contribution in [3.63, 3.8) is 0 Å². The van der Waals surface area contributed by atoms with Gasteiger partial charge in [0.1, 0.15) is 5.82 Å². The molecule has 1 aromatic carbocycles. The summed E-state index contributed by atoms with van der Waals surface area (Å²) in [5, 5.41) is 13.6. The van der Waals surface area contributed by atoms with E-state index in [2.05, 4.69) is 25.8 Å². The maximum atomic E-state index is 12.6. The molecule has 0 saturated heterocycles. The van der Waals surface area contributed by atoms with Crippen LogP contribution < -0.4 is 10.6 Å². The van der Waals surface area contributed by atoms with Crippen LogP contribution in [0.2, 0.25) is 0 Å². The third kappa shape index (κ3) is 2.78. The number of fused-ring (bicyclic) bond motifs is 3. The van der Waals surface area contributed by atoms with E-state index in [1.807, 2.05) is 26.0 Å². The number of thiophene rings is 1. The van der Waals surface area contributed by atoms with Crippen molar-refractivity contribution in [1.29, 1.82) is 0 Å². The van der Waals surface area contributed by atoms with Crippen molar-refractivity contribution in [3.05, 3.63) is 45.9 Å². The van der Waals surface area contributed by atoms with E-state index < -0.39 is 0 Å². The van der Waals surface area contributed by atoms with Gasteiger partial charge in [-0.05, 0) is 49.4 Å². The lowest BCUT2D eigenvalue weighted by atomic mass is 10.0. The van der Waals surface area contributed by atoms with Gasteiger partial charge in [-0.2, -0.15) is 5.10 Å². The molecule has 0 fully saturated rings. The zero-order valence-electron chi connectivity index (χ0n) is 13.8. The highest BCUT2D eigenvalue weighted by molar-refractivity contribution is 7.21. The number of aromatic nitrogens is 3. The average Bonchev–Trinajstić information content (AvgIpc) is 3.19. The molecule has 0 spiro atoms. The van der Waals surface area contributed by atoms with Crippen LogP contribution in [0.3, 0.4) is 0 Å². The average molecular weight is 355 g/mol. The fourth-order valence-electron chi connectivity index (χ4n) is 3.00. The highest BCUT2D eigenvalue weighted by atomic mass is 32.1. The molecule has 3 heterocycles. The molecule has 2 amide bonds. The lowest BCUT2D eigenvalue weighted by molar-refractivity contribution is 0.0934. The molecule has 7 nitrogen and oxygen atoms in total. The Morgan fingerprint density at radius 2 is 2.24 bits per heavy atom. The Balaban J connectivity index is 1.62. The number of nitrogens with one attached hydrogen (secondary N) is 3. The first-order valence-electron chi connectivity index (χ1n) is 8.06. The van der Waals surface area contributed by atoms with E-state index in [1.165, 1.54) is 11.3 Å². The molecule has 0 radical (unpaired) electrons. The molecule has 0 bridgehead atoms. The maximum absolute atomic E-state index is 12.6. The fraction of sp³-hybridized carbons (Fsp3) is 0.294. The minimum Gasteiger partial charge on any atom is -0.351 e. The monoisotopic (exact) mass is 355 g/mol. The molecule has 2 aromatic heterocycles. The molecule has 0 saturated carbocycles. The van der Waals surface area contributed by atoms with Crippen LogP contribution in [-0.4, -0.2) is 33.5 Å². The number of rotatable bonds is 3. The van der Waals surface area contributed by atoms with Gasteiger partial charge in [0.25, 0.3) is 11.8 Å². The number of hydrogen-bond donors (Lipinski definition) is 3. The number of amides is 2. The largest absolute Gasteiger partial charge is 0.351 e. The van der Waals surface area contributed by atoms with Gasteiger partial charge in [0.2, 0.25) is 0 Å². The highest BCUT2D eigenvalue weighted by Crippen LogP contribution is 2.34. The molecule has 3 N–H and O–H groups in total. The number of aromatic amines is 1. The first-order valence-corrected chi connectivity index (χ1v) is 8.88. The molecule has 0 aliphatic carbocycles. The Bertz CT molecular complexity index is 990. The van der Waals surface area contributed by atoms with E-state index in [9.17, 15) is 9.59 Å². The summed E-state index contributed by atoms with van der Waals surface area (Å²) in [6.07, 6.45) is 0.791. The number of hydrogen-bond acceptors (Lipinski definition) is 5. The van der Waals surface area contributed by atoms with Gasteiger partial charge in [-0.3, -0.25) is 14.7 Å². The van der Waals surface area contributed by atoms with Crippen molar-refractivity contribution >= 4 is 33.2 Å². The lowest BCUT2D eigenvalue weighted by Gasteiger charge is -2.13. The Morgan fingerprint density at radius 1 is 1.40 bits per heavy atom. The van der Waals surface area contributed by atoms with E-state index in [1.54, 1.807) is 6.07 Å². The quantitative estimate of drug-likeness (QED) is 0.670. The van der Waals surface area contributed by atoms with Crippen LogP contribution in [0.1, 0.15) is 50.2 Å².